The fourth-order valence-electron chi connectivity index (χ4n) is 3.90. The van der Waals surface area contributed by atoms with Crippen molar-refractivity contribution >= 4 is 0 Å². The summed E-state index contributed by atoms with van der Waals surface area (Å²) in [6.07, 6.45) is 0.968. The zero-order valence-corrected chi connectivity index (χ0v) is 14.3. The number of methoxy groups -OCH3 is 1. The monoisotopic (exact) mass is 309 g/mol. The van der Waals surface area contributed by atoms with Gasteiger partial charge in [-0.2, -0.15) is 5.10 Å². The van der Waals surface area contributed by atoms with Crippen LogP contribution >= 0.6 is 0 Å². The van der Waals surface area contributed by atoms with Crippen molar-refractivity contribution < 1.29 is 14.2 Å². The van der Waals surface area contributed by atoms with E-state index in [4.69, 9.17) is 14.2 Å². The molecule has 3 heterocycles. The van der Waals surface area contributed by atoms with Crippen LogP contribution in [-0.4, -0.2) is 59.3 Å². The Kier molecular flexibility index (Phi) is 3.95. The van der Waals surface area contributed by atoms with Gasteiger partial charge in [-0.25, -0.2) is 4.68 Å². The molecule has 1 atom stereocenters. The topological polar surface area (TPSA) is 48.8 Å². The Bertz CT molecular complexity index is 547. The molecule has 22 heavy (non-hydrogen) atoms. The van der Waals surface area contributed by atoms with Crippen LogP contribution in [0.1, 0.15) is 31.5 Å². The van der Waals surface area contributed by atoms with E-state index in [1.54, 1.807) is 7.11 Å². The smallest absolute Gasteiger partial charge is 0.216 e. The van der Waals surface area contributed by atoms with Crippen molar-refractivity contribution in [1.29, 1.82) is 0 Å². The Morgan fingerprint density at radius 2 is 2.09 bits per heavy atom. The molecule has 3 rings (SSSR count). The standard InChI is InChI=1S/C16H27N3O3/c1-12-13(14(20-5)18(4)17-12)8-19-9-15(2,3)22-16(10-19)6-7-21-11-16/h6-11H2,1-5H3. The zero-order chi connectivity index (χ0) is 16.0. The summed E-state index contributed by atoms with van der Waals surface area (Å²) >= 11 is 0. The third-order valence-electron chi connectivity index (χ3n) is 4.54. The molecule has 0 aliphatic carbocycles. The molecule has 1 aromatic rings. The highest BCUT2D eigenvalue weighted by molar-refractivity contribution is 5.31. The van der Waals surface area contributed by atoms with Crippen LogP contribution in [0.5, 0.6) is 5.88 Å². The SMILES string of the molecule is COc1c(CN2CC(C)(C)OC3(CCOC3)C2)c(C)nn1C. The Hall–Kier alpha value is -1.11. The van der Waals surface area contributed by atoms with Gasteiger partial charge in [-0.1, -0.05) is 0 Å². The summed E-state index contributed by atoms with van der Waals surface area (Å²) in [6, 6.07) is 0. The molecule has 2 fully saturated rings. The molecular formula is C16H27N3O3. The summed E-state index contributed by atoms with van der Waals surface area (Å²) in [5.41, 5.74) is 1.86. The number of hydrogen-bond acceptors (Lipinski definition) is 5. The average molecular weight is 309 g/mol. The Labute approximate surface area is 132 Å². The van der Waals surface area contributed by atoms with Crippen LogP contribution in [0.15, 0.2) is 0 Å². The number of rotatable bonds is 3. The van der Waals surface area contributed by atoms with E-state index in [1.807, 2.05) is 18.7 Å². The highest BCUT2D eigenvalue weighted by Crippen LogP contribution is 2.36. The Balaban J connectivity index is 1.82. The number of ether oxygens (including phenoxy) is 3. The fraction of sp³-hybridized carbons (Fsp3) is 0.812. The minimum Gasteiger partial charge on any atom is -0.481 e. The molecule has 6 heteroatoms. The first-order valence-corrected chi connectivity index (χ1v) is 7.91. The predicted octanol–water partition coefficient (Wildman–Crippen LogP) is 1.51. The van der Waals surface area contributed by atoms with Gasteiger partial charge in [0, 0.05) is 39.7 Å². The first kappa shape index (κ1) is 15.8. The molecule has 2 aliphatic rings. The highest BCUT2D eigenvalue weighted by Gasteiger charge is 2.46. The maximum Gasteiger partial charge on any atom is 0.216 e. The second-order valence-corrected chi connectivity index (χ2v) is 7.19. The van der Waals surface area contributed by atoms with Crippen LogP contribution in [-0.2, 0) is 23.1 Å². The summed E-state index contributed by atoms with van der Waals surface area (Å²) in [6.45, 7) is 10.5. The highest BCUT2D eigenvalue weighted by atomic mass is 16.6. The summed E-state index contributed by atoms with van der Waals surface area (Å²) in [5, 5.41) is 4.48. The third-order valence-corrected chi connectivity index (χ3v) is 4.54. The molecule has 0 amide bonds. The molecule has 124 valence electrons. The molecule has 2 saturated heterocycles. The molecule has 1 unspecified atom stereocenters. The van der Waals surface area contributed by atoms with Gasteiger partial charge in [0.05, 0.1) is 30.6 Å². The predicted molar refractivity (Wildman–Crippen MR) is 83.1 cm³/mol. The van der Waals surface area contributed by atoms with Crippen LogP contribution < -0.4 is 4.74 Å². The second-order valence-electron chi connectivity index (χ2n) is 7.19. The van der Waals surface area contributed by atoms with Gasteiger partial charge < -0.3 is 14.2 Å². The lowest BCUT2D eigenvalue weighted by molar-refractivity contribution is -0.197. The van der Waals surface area contributed by atoms with Crippen LogP contribution in [0.4, 0.5) is 0 Å². The largest absolute Gasteiger partial charge is 0.481 e. The lowest BCUT2D eigenvalue weighted by Crippen LogP contribution is -2.59. The maximum absolute atomic E-state index is 6.36. The number of aryl methyl sites for hydroxylation is 2. The Morgan fingerprint density at radius 3 is 2.73 bits per heavy atom. The van der Waals surface area contributed by atoms with Gasteiger partial charge in [0.25, 0.3) is 0 Å². The van der Waals surface area contributed by atoms with Gasteiger partial charge >= 0.3 is 0 Å². The summed E-state index contributed by atoms with van der Waals surface area (Å²) in [5.74, 6) is 0.846. The lowest BCUT2D eigenvalue weighted by atomic mass is 9.94. The average Bonchev–Trinajstić information content (AvgIpc) is 2.93. The molecule has 0 N–H and O–H groups in total. The van der Waals surface area contributed by atoms with E-state index in [0.717, 1.165) is 49.8 Å². The van der Waals surface area contributed by atoms with Gasteiger partial charge in [-0.05, 0) is 20.8 Å². The van der Waals surface area contributed by atoms with Crippen LogP contribution in [0.2, 0.25) is 0 Å². The van der Waals surface area contributed by atoms with E-state index in [9.17, 15) is 0 Å². The molecule has 0 bridgehead atoms. The van der Waals surface area contributed by atoms with E-state index in [0.29, 0.717) is 6.61 Å². The van der Waals surface area contributed by atoms with Crippen molar-refractivity contribution in [1.82, 2.24) is 14.7 Å². The van der Waals surface area contributed by atoms with Crippen molar-refractivity contribution in [3.05, 3.63) is 11.3 Å². The molecule has 0 aromatic carbocycles. The first-order chi connectivity index (χ1) is 10.3. The normalized spacial score (nSPS) is 28.4. The minimum absolute atomic E-state index is 0.162. The van der Waals surface area contributed by atoms with Crippen molar-refractivity contribution in [2.24, 2.45) is 7.05 Å². The van der Waals surface area contributed by atoms with E-state index >= 15 is 0 Å². The van der Waals surface area contributed by atoms with E-state index in [1.165, 1.54) is 0 Å². The summed E-state index contributed by atoms with van der Waals surface area (Å²) in [4.78, 5) is 2.45. The van der Waals surface area contributed by atoms with E-state index in [2.05, 4.69) is 23.8 Å². The number of morpholine rings is 1. The van der Waals surface area contributed by atoms with Crippen LogP contribution in [0.3, 0.4) is 0 Å². The molecule has 1 spiro atoms. The van der Waals surface area contributed by atoms with E-state index < -0.39 is 0 Å². The van der Waals surface area contributed by atoms with Gasteiger partial charge in [0.1, 0.15) is 5.60 Å². The maximum atomic E-state index is 6.36. The Morgan fingerprint density at radius 1 is 1.32 bits per heavy atom. The quantitative estimate of drug-likeness (QED) is 0.847. The van der Waals surface area contributed by atoms with Crippen molar-refractivity contribution in [2.75, 3.05) is 33.4 Å². The van der Waals surface area contributed by atoms with Crippen LogP contribution in [0.25, 0.3) is 0 Å². The minimum atomic E-state index is -0.171. The number of aromatic nitrogens is 2. The zero-order valence-electron chi connectivity index (χ0n) is 14.3. The van der Waals surface area contributed by atoms with Crippen molar-refractivity contribution in [3.63, 3.8) is 0 Å². The van der Waals surface area contributed by atoms with E-state index in [-0.39, 0.29) is 11.2 Å². The molecule has 1 aromatic heterocycles. The summed E-state index contributed by atoms with van der Waals surface area (Å²) in [7, 11) is 3.63. The lowest BCUT2D eigenvalue weighted by Gasteiger charge is -2.48. The molecular weight excluding hydrogens is 282 g/mol. The number of nitrogens with zero attached hydrogens (tertiary/aromatic N) is 3. The van der Waals surface area contributed by atoms with Gasteiger partial charge in [0.2, 0.25) is 5.88 Å². The van der Waals surface area contributed by atoms with Crippen molar-refractivity contribution in [2.45, 2.75) is 44.9 Å². The molecule has 0 radical (unpaired) electrons. The van der Waals surface area contributed by atoms with Gasteiger partial charge in [0.15, 0.2) is 0 Å². The summed E-state index contributed by atoms with van der Waals surface area (Å²) < 4.78 is 19.3. The molecule has 0 saturated carbocycles. The first-order valence-electron chi connectivity index (χ1n) is 7.91. The third kappa shape index (κ3) is 2.87. The van der Waals surface area contributed by atoms with Gasteiger partial charge in [-0.15, -0.1) is 0 Å². The second kappa shape index (κ2) is 5.51. The fourth-order valence-corrected chi connectivity index (χ4v) is 3.90. The number of hydrogen-bond donors (Lipinski definition) is 0. The van der Waals surface area contributed by atoms with Crippen molar-refractivity contribution in [3.8, 4) is 5.88 Å². The van der Waals surface area contributed by atoms with Gasteiger partial charge in [-0.3, -0.25) is 4.90 Å². The van der Waals surface area contributed by atoms with Crippen LogP contribution in [0, 0.1) is 6.92 Å². The molecule has 2 aliphatic heterocycles. The molecule has 6 nitrogen and oxygen atoms in total.